The van der Waals surface area contributed by atoms with E-state index in [-0.39, 0.29) is 5.76 Å². The number of halogens is 3. The van der Waals surface area contributed by atoms with Crippen molar-refractivity contribution in [3.63, 3.8) is 0 Å². The van der Waals surface area contributed by atoms with E-state index < -0.39 is 5.82 Å². The first-order valence-electron chi connectivity index (χ1n) is 7.00. The third-order valence-electron chi connectivity index (χ3n) is 4.03. The Morgan fingerprint density at radius 2 is 1.83 bits per heavy atom. The number of rotatable bonds is 1. The summed E-state index contributed by atoms with van der Waals surface area (Å²) in [4.78, 5) is 4.37. The maximum Gasteiger partial charge on any atom is 0.133 e. The lowest BCUT2D eigenvalue weighted by atomic mass is 9.97. The summed E-state index contributed by atoms with van der Waals surface area (Å²) in [6.45, 7) is 0. The monoisotopic (exact) mass is 345 g/mol. The van der Waals surface area contributed by atoms with Crippen LogP contribution in [-0.4, -0.2) is 10.1 Å². The molecule has 114 valence electrons. The standard InChI is InChI=1S/C18H10Cl2FNO/c19-10-5-9(6-11(20)7-10)17-15(21)3-1-13-12-2-4-16(23)14(12)8-22-18(13)17/h1,3-8,23H,2H2. The zero-order valence-corrected chi connectivity index (χ0v) is 13.3. The van der Waals surface area contributed by atoms with Crippen molar-refractivity contribution in [2.75, 3.05) is 0 Å². The fraction of sp³-hybridized carbons (Fsp3) is 0.0556. The van der Waals surface area contributed by atoms with Crippen LogP contribution in [-0.2, 0) is 6.42 Å². The van der Waals surface area contributed by atoms with Crippen molar-refractivity contribution in [2.45, 2.75) is 6.42 Å². The molecule has 3 aromatic rings. The second kappa shape index (κ2) is 5.22. The molecule has 2 aromatic carbocycles. The van der Waals surface area contributed by atoms with Crippen molar-refractivity contribution in [1.29, 1.82) is 0 Å². The first-order chi connectivity index (χ1) is 11.0. The van der Waals surface area contributed by atoms with Gasteiger partial charge in [0.05, 0.1) is 5.52 Å². The molecule has 23 heavy (non-hydrogen) atoms. The summed E-state index contributed by atoms with van der Waals surface area (Å²) in [6.07, 6.45) is 3.90. The zero-order chi connectivity index (χ0) is 16.1. The molecule has 0 unspecified atom stereocenters. The van der Waals surface area contributed by atoms with Crippen LogP contribution >= 0.6 is 23.2 Å². The Kier molecular flexibility index (Phi) is 3.29. The quantitative estimate of drug-likeness (QED) is 0.604. The molecule has 2 nitrogen and oxygen atoms in total. The highest BCUT2D eigenvalue weighted by molar-refractivity contribution is 6.35. The van der Waals surface area contributed by atoms with Crippen LogP contribution in [0.25, 0.3) is 27.8 Å². The van der Waals surface area contributed by atoms with Gasteiger partial charge in [-0.1, -0.05) is 23.2 Å². The van der Waals surface area contributed by atoms with E-state index in [1.54, 1.807) is 36.5 Å². The van der Waals surface area contributed by atoms with E-state index >= 15 is 0 Å². The number of aliphatic hydroxyl groups is 1. The van der Waals surface area contributed by atoms with Crippen molar-refractivity contribution in [3.05, 3.63) is 69.6 Å². The van der Waals surface area contributed by atoms with Gasteiger partial charge in [0.25, 0.3) is 0 Å². The van der Waals surface area contributed by atoms with Gasteiger partial charge in [-0.05, 0) is 54.0 Å². The molecule has 0 atom stereocenters. The summed E-state index contributed by atoms with van der Waals surface area (Å²) in [5, 5.41) is 11.6. The van der Waals surface area contributed by atoms with Crippen molar-refractivity contribution >= 4 is 39.9 Å². The normalized spacial score (nSPS) is 13.3. The molecule has 0 fully saturated rings. The van der Waals surface area contributed by atoms with Crippen LogP contribution in [0.5, 0.6) is 0 Å². The van der Waals surface area contributed by atoms with Gasteiger partial charge in [0, 0.05) is 32.8 Å². The second-order valence-corrected chi connectivity index (χ2v) is 6.29. The lowest BCUT2D eigenvalue weighted by Crippen LogP contribution is -1.95. The van der Waals surface area contributed by atoms with E-state index in [4.69, 9.17) is 23.2 Å². The summed E-state index contributed by atoms with van der Waals surface area (Å²) < 4.78 is 14.5. The number of fused-ring (bicyclic) bond motifs is 3. The second-order valence-electron chi connectivity index (χ2n) is 5.42. The van der Waals surface area contributed by atoms with Gasteiger partial charge >= 0.3 is 0 Å². The minimum absolute atomic E-state index is 0.214. The molecule has 0 saturated carbocycles. The molecule has 1 aromatic heterocycles. The van der Waals surface area contributed by atoms with E-state index in [2.05, 4.69) is 4.98 Å². The molecule has 0 amide bonds. The molecule has 0 bridgehead atoms. The van der Waals surface area contributed by atoms with Crippen molar-refractivity contribution in [1.82, 2.24) is 4.98 Å². The third-order valence-corrected chi connectivity index (χ3v) is 4.46. The van der Waals surface area contributed by atoms with E-state index in [0.717, 1.165) is 10.9 Å². The van der Waals surface area contributed by atoms with E-state index in [9.17, 15) is 9.50 Å². The summed E-state index contributed by atoms with van der Waals surface area (Å²) in [5.41, 5.74) is 3.11. The molecule has 4 rings (SSSR count). The van der Waals surface area contributed by atoms with Gasteiger partial charge in [-0.15, -0.1) is 0 Å². The van der Waals surface area contributed by atoms with E-state index in [0.29, 0.717) is 38.7 Å². The summed E-state index contributed by atoms with van der Waals surface area (Å²) in [5.74, 6) is -0.176. The zero-order valence-electron chi connectivity index (χ0n) is 11.8. The Labute approximate surface area is 141 Å². The fourth-order valence-corrected chi connectivity index (χ4v) is 3.54. The molecule has 1 aliphatic carbocycles. The molecule has 5 heteroatoms. The van der Waals surface area contributed by atoms with Gasteiger partial charge in [0.2, 0.25) is 0 Å². The topological polar surface area (TPSA) is 33.1 Å². The highest BCUT2D eigenvalue weighted by Gasteiger charge is 2.20. The fourth-order valence-electron chi connectivity index (χ4n) is 3.02. The number of benzene rings is 2. The number of hydrogen-bond donors (Lipinski definition) is 1. The average Bonchev–Trinajstić information content (AvgIpc) is 2.87. The molecule has 1 aliphatic rings. The Hall–Kier alpha value is -2.10. The highest BCUT2D eigenvalue weighted by Crippen LogP contribution is 2.37. The maximum atomic E-state index is 14.5. The smallest absolute Gasteiger partial charge is 0.133 e. The summed E-state index contributed by atoms with van der Waals surface area (Å²) in [6, 6.07) is 8.02. The third kappa shape index (κ3) is 2.28. The SMILES string of the molecule is OC1=CCc2c1cnc1c(-c3cc(Cl)cc(Cl)c3)c(F)ccc21. The van der Waals surface area contributed by atoms with Crippen molar-refractivity contribution in [3.8, 4) is 11.1 Å². The maximum absolute atomic E-state index is 14.5. The van der Waals surface area contributed by atoms with E-state index in [1.165, 1.54) is 6.07 Å². The molecule has 0 aliphatic heterocycles. The number of allylic oxidation sites excluding steroid dienone is 1. The molecule has 0 saturated heterocycles. The summed E-state index contributed by atoms with van der Waals surface area (Å²) >= 11 is 12.1. The van der Waals surface area contributed by atoms with Gasteiger partial charge in [0.1, 0.15) is 11.6 Å². The van der Waals surface area contributed by atoms with Crippen LogP contribution in [0.1, 0.15) is 11.1 Å². The van der Waals surface area contributed by atoms with Crippen LogP contribution in [0.3, 0.4) is 0 Å². The predicted molar refractivity (Wildman–Crippen MR) is 91.5 cm³/mol. The highest BCUT2D eigenvalue weighted by atomic mass is 35.5. The van der Waals surface area contributed by atoms with Crippen LogP contribution in [0.15, 0.2) is 42.6 Å². The van der Waals surface area contributed by atoms with Gasteiger partial charge in [-0.2, -0.15) is 0 Å². The molecule has 1 N–H and O–H groups in total. The average molecular weight is 346 g/mol. The van der Waals surface area contributed by atoms with Gasteiger partial charge in [-0.3, -0.25) is 4.98 Å². The molecular weight excluding hydrogens is 336 g/mol. The molecule has 1 heterocycles. The number of nitrogens with zero attached hydrogens (tertiary/aromatic N) is 1. The number of hydrogen-bond acceptors (Lipinski definition) is 2. The predicted octanol–water partition coefficient (Wildman–Crippen LogP) is 5.80. The first kappa shape index (κ1) is 14.5. The van der Waals surface area contributed by atoms with Gasteiger partial charge < -0.3 is 5.11 Å². The number of pyridine rings is 1. The van der Waals surface area contributed by atoms with Crippen LogP contribution in [0.4, 0.5) is 4.39 Å². The minimum atomic E-state index is -0.390. The Bertz CT molecular complexity index is 978. The van der Waals surface area contributed by atoms with Crippen molar-refractivity contribution in [2.24, 2.45) is 0 Å². The van der Waals surface area contributed by atoms with Crippen molar-refractivity contribution < 1.29 is 9.50 Å². The summed E-state index contributed by atoms with van der Waals surface area (Å²) in [7, 11) is 0. The first-order valence-corrected chi connectivity index (χ1v) is 7.76. The van der Waals surface area contributed by atoms with Crippen LogP contribution < -0.4 is 0 Å². The number of aliphatic hydroxyl groups excluding tert-OH is 1. The largest absolute Gasteiger partial charge is 0.508 e. The van der Waals surface area contributed by atoms with Crippen LogP contribution in [0.2, 0.25) is 10.0 Å². The Balaban J connectivity index is 2.06. The lowest BCUT2D eigenvalue weighted by molar-refractivity contribution is 0.513. The van der Waals surface area contributed by atoms with E-state index in [1.807, 2.05) is 0 Å². The Morgan fingerprint density at radius 3 is 2.57 bits per heavy atom. The minimum Gasteiger partial charge on any atom is -0.508 e. The van der Waals surface area contributed by atoms with Crippen LogP contribution in [0, 0.1) is 5.82 Å². The number of aromatic nitrogens is 1. The molecule has 0 radical (unpaired) electrons. The lowest BCUT2D eigenvalue weighted by Gasteiger charge is -2.12. The van der Waals surface area contributed by atoms with Gasteiger partial charge in [-0.25, -0.2) is 4.39 Å². The Morgan fingerprint density at radius 1 is 1.09 bits per heavy atom. The molecular formula is C18H10Cl2FNO. The molecule has 0 spiro atoms. The van der Waals surface area contributed by atoms with Gasteiger partial charge in [0.15, 0.2) is 0 Å².